The normalized spacial score (nSPS) is 21.8. The molecule has 6 rings (SSSR count). The Labute approximate surface area is 502 Å². The summed E-state index contributed by atoms with van der Waals surface area (Å²) in [5.41, 5.74) is 19.5. The molecule has 1 saturated heterocycles. The van der Waals surface area contributed by atoms with Crippen LogP contribution in [0.4, 0.5) is 0 Å². The minimum Gasteiger partial charge on any atom is -0.508 e. The highest BCUT2D eigenvalue weighted by molar-refractivity contribution is 7.80. The number of aliphatic imine (C=N–C) groups is 1. The zero-order chi connectivity index (χ0) is 62.0. The first-order valence-electron chi connectivity index (χ1n) is 28.0. The molecule has 1 aliphatic rings. The highest BCUT2D eigenvalue weighted by atomic mass is 32.1. The lowest BCUT2D eigenvalue weighted by Crippen LogP contribution is -2.61. The van der Waals surface area contributed by atoms with E-state index in [1.807, 2.05) is 0 Å². The van der Waals surface area contributed by atoms with Gasteiger partial charge in [0.15, 0.2) is 5.96 Å². The summed E-state index contributed by atoms with van der Waals surface area (Å²) in [5.74, 6) is -8.43. The van der Waals surface area contributed by atoms with Gasteiger partial charge in [0.2, 0.25) is 53.2 Å². The number of carbonyl (C=O) groups excluding carboxylic acids is 9. The molecule has 1 aliphatic heterocycles. The molecule has 0 bridgehead atoms. The van der Waals surface area contributed by atoms with Crippen molar-refractivity contribution in [3.8, 4) is 11.5 Å². The van der Waals surface area contributed by atoms with E-state index in [2.05, 4.69) is 75.4 Å². The quantitative estimate of drug-likeness (QED) is 0.0193. The van der Waals surface area contributed by atoms with Crippen molar-refractivity contribution in [1.29, 1.82) is 0 Å². The molecular weight excluding hydrogens is 1130 g/mol. The van der Waals surface area contributed by atoms with E-state index in [1.165, 1.54) is 61.1 Å². The number of nitrogens with zero attached hydrogens (tertiary/aromatic N) is 2. The highest BCUT2D eigenvalue weighted by Crippen LogP contribution is 2.16. The van der Waals surface area contributed by atoms with Crippen LogP contribution in [0.1, 0.15) is 60.1 Å². The fourth-order valence-electron chi connectivity index (χ4n) is 9.27. The number of nitrogens with one attached hydrogen (secondary N) is 10. The van der Waals surface area contributed by atoms with Crippen LogP contribution in [0, 0.1) is 0 Å². The number of guanidine groups is 1. The molecule has 0 unspecified atom stereocenters. The number of nitrogens with two attached hydrogens (primary N) is 3. The van der Waals surface area contributed by atoms with Gasteiger partial charge in [-0.3, -0.25) is 48.1 Å². The largest absolute Gasteiger partial charge is 0.508 e. The van der Waals surface area contributed by atoms with E-state index in [4.69, 9.17) is 17.2 Å². The maximum absolute atomic E-state index is 14.8. The maximum atomic E-state index is 14.8. The number of phenolic OH excluding ortho intramolecular Hbond substituents is 2. The average Bonchev–Trinajstić information content (AvgIpc) is 4.13. The Balaban J connectivity index is 1.43. The van der Waals surface area contributed by atoms with Crippen LogP contribution in [0.25, 0.3) is 0 Å². The second-order valence-corrected chi connectivity index (χ2v) is 20.9. The number of aromatic amines is 1. The zero-order valence-electron chi connectivity index (χ0n) is 47.2. The maximum Gasteiger partial charge on any atom is 0.244 e. The first-order chi connectivity index (χ1) is 41.4. The van der Waals surface area contributed by atoms with Gasteiger partial charge in [-0.25, -0.2) is 4.98 Å². The zero-order valence-corrected chi connectivity index (χ0v) is 48.1. The van der Waals surface area contributed by atoms with Crippen LogP contribution < -0.4 is 65.1 Å². The second kappa shape index (κ2) is 33.7. The van der Waals surface area contributed by atoms with Gasteiger partial charge in [0, 0.05) is 56.3 Å². The smallest absolute Gasteiger partial charge is 0.244 e. The molecule has 0 radical (unpaired) electrons. The molecule has 0 saturated carbocycles. The predicted molar refractivity (Wildman–Crippen MR) is 321 cm³/mol. The Morgan fingerprint density at radius 1 is 0.477 bits per heavy atom. The highest BCUT2D eigenvalue weighted by Gasteiger charge is 2.36. The van der Waals surface area contributed by atoms with Gasteiger partial charge in [0.1, 0.15) is 59.8 Å². The topological polar surface area (TPSA) is 421 Å². The fraction of sp³-hybridized carbons (Fsp3) is 0.373. The number of hydrogen-bond acceptors (Lipinski definition) is 15. The number of phenols is 2. The van der Waals surface area contributed by atoms with Gasteiger partial charge in [-0.05, 0) is 85.2 Å². The van der Waals surface area contributed by atoms with E-state index in [9.17, 15) is 53.4 Å². The number of H-pyrrole nitrogens is 1. The van der Waals surface area contributed by atoms with Crippen molar-refractivity contribution in [3.63, 3.8) is 0 Å². The number of amides is 9. The van der Waals surface area contributed by atoms with E-state index in [0.29, 0.717) is 40.8 Å². The third-order valence-electron chi connectivity index (χ3n) is 13.9. The Hall–Kier alpha value is -9.50. The molecule has 8 atom stereocenters. The molecule has 2 heterocycles. The lowest BCUT2D eigenvalue weighted by molar-refractivity contribution is -0.135. The van der Waals surface area contributed by atoms with E-state index in [-0.39, 0.29) is 87.7 Å². The van der Waals surface area contributed by atoms with Gasteiger partial charge >= 0.3 is 0 Å². The second-order valence-electron chi connectivity index (χ2n) is 20.6. The molecule has 18 N–H and O–H groups in total. The number of benzene rings is 4. The van der Waals surface area contributed by atoms with E-state index >= 15 is 0 Å². The first kappa shape index (κ1) is 65.7. The number of carbonyl (C=O) groups is 9. The Kier molecular flexibility index (Phi) is 25.7. The van der Waals surface area contributed by atoms with Crippen molar-refractivity contribution in [3.05, 3.63) is 150 Å². The lowest BCUT2D eigenvalue weighted by Gasteiger charge is -2.28. The molecule has 9 amide bonds. The molecule has 86 heavy (non-hydrogen) atoms. The van der Waals surface area contributed by atoms with Crippen LogP contribution in [0.5, 0.6) is 11.5 Å². The van der Waals surface area contributed by atoms with Crippen LogP contribution >= 0.6 is 12.6 Å². The van der Waals surface area contributed by atoms with Gasteiger partial charge in [-0.15, -0.1) is 0 Å². The number of aromatic hydroxyl groups is 2. The number of aromatic nitrogens is 2. The predicted octanol–water partition coefficient (Wildman–Crippen LogP) is -1.55. The molecule has 1 fully saturated rings. The Morgan fingerprint density at radius 3 is 1.28 bits per heavy atom. The summed E-state index contributed by atoms with van der Waals surface area (Å²) in [6.07, 6.45) is 2.77. The number of imidazole rings is 1. The van der Waals surface area contributed by atoms with Crippen molar-refractivity contribution in [1.82, 2.24) is 57.8 Å². The summed E-state index contributed by atoms with van der Waals surface area (Å²) < 4.78 is 0. The van der Waals surface area contributed by atoms with Gasteiger partial charge in [-0.1, -0.05) is 84.9 Å². The molecule has 1 aromatic heterocycles. The fourth-order valence-corrected chi connectivity index (χ4v) is 9.53. The molecule has 26 nitrogen and oxygen atoms in total. The molecule has 0 aliphatic carbocycles. The summed E-state index contributed by atoms with van der Waals surface area (Å²) in [6.45, 7) is -0.451. The van der Waals surface area contributed by atoms with Crippen molar-refractivity contribution in [2.45, 2.75) is 113 Å². The number of unbranched alkanes of at least 4 members (excludes halogenated alkanes) is 1. The van der Waals surface area contributed by atoms with Gasteiger partial charge in [0.25, 0.3) is 0 Å². The molecule has 458 valence electrons. The number of hydrogen-bond donors (Lipinski definition) is 16. The Bertz CT molecular complexity index is 3080. The van der Waals surface area contributed by atoms with E-state index < -0.39 is 108 Å². The van der Waals surface area contributed by atoms with Crippen LogP contribution in [0.15, 0.2) is 127 Å². The first-order valence-corrected chi connectivity index (χ1v) is 28.7. The van der Waals surface area contributed by atoms with Crippen molar-refractivity contribution in [2.75, 3.05) is 25.4 Å². The van der Waals surface area contributed by atoms with Crippen molar-refractivity contribution < 1.29 is 53.4 Å². The molecular formula is C59H75N15O11S. The molecule has 4 aromatic carbocycles. The number of thiol groups is 1. The third-order valence-corrected chi connectivity index (χ3v) is 14.2. The summed E-state index contributed by atoms with van der Waals surface area (Å²) in [7, 11) is 0. The summed E-state index contributed by atoms with van der Waals surface area (Å²) in [6, 6.07) is 17.5. The monoisotopic (exact) mass is 1200 g/mol. The average molecular weight is 1200 g/mol. The van der Waals surface area contributed by atoms with Gasteiger partial charge in [0.05, 0.1) is 12.9 Å². The lowest BCUT2D eigenvalue weighted by atomic mass is 10.0. The van der Waals surface area contributed by atoms with Crippen LogP contribution in [-0.2, 0) is 75.3 Å². The van der Waals surface area contributed by atoms with Crippen molar-refractivity contribution in [2.24, 2.45) is 22.2 Å². The van der Waals surface area contributed by atoms with Crippen LogP contribution in [-0.4, -0.2) is 153 Å². The minimum atomic E-state index is -1.49. The molecule has 27 heteroatoms. The molecule has 5 aromatic rings. The summed E-state index contributed by atoms with van der Waals surface area (Å²) >= 11 is 4.39. The van der Waals surface area contributed by atoms with E-state index in [0.717, 1.165) is 0 Å². The number of rotatable bonds is 19. The van der Waals surface area contributed by atoms with Crippen LogP contribution in [0.3, 0.4) is 0 Å². The summed E-state index contributed by atoms with van der Waals surface area (Å²) in [4.78, 5) is 141. The minimum absolute atomic E-state index is 0.00414. The Morgan fingerprint density at radius 2 is 0.860 bits per heavy atom. The SMILES string of the molecule is NCCCC[C@@H]1NC(=O)[C@H](CCCN=C(N)N)NC(=O)[C@H](Cc2ccccc2)NC(=O)[C@H](Cc2cnc[nH]2)NC(=O)CNC(=O)[C@H](Cc2ccccc2)NC(=O)[C@H](Cc2ccc(O)cc2)NC(=O)[C@H](Cc2ccc(O)cc2)NC(=O)[C@H](CS)NC1=O. The van der Waals surface area contributed by atoms with Gasteiger partial charge < -0.3 is 80.2 Å². The van der Waals surface area contributed by atoms with Crippen molar-refractivity contribution >= 4 is 71.8 Å². The molecule has 0 spiro atoms. The summed E-state index contributed by atoms with van der Waals surface area (Å²) in [5, 5.41) is 44.5. The standard InChI is InChI=1S/C59H75N15O11S/c60-24-8-7-14-42-53(80)74-49(33-86)58(85)73-47(29-38-18-22-41(76)23-19-38)56(83)71-46(28-37-16-20-40(75)21-17-37)55(82)70-44(26-35-10-3-1-4-11-35)51(78)65-32-50(77)67-48(30-39-31-63-34-66-39)57(84)72-45(27-36-12-5-2-6-13-36)54(81)69-43(52(79)68-42)15-9-25-64-59(61)62/h1-6,10-13,16-23,31,34,42-49,75-76,86H,7-9,14-15,24-30,32-33,60H2,(H,63,66)(H,65,78)(H,67,77)(H,68,79)(H,69,81)(H,70,82)(H,71,83)(H,72,84)(H,73,85)(H,74,80)(H4,61,62,64)/t42-,43-,44-,45-,46-,47-,48-,49-/m0/s1. The third kappa shape index (κ3) is 21.6. The van der Waals surface area contributed by atoms with Gasteiger partial charge in [-0.2, -0.15) is 12.6 Å². The van der Waals surface area contributed by atoms with Crippen LogP contribution in [0.2, 0.25) is 0 Å². The van der Waals surface area contributed by atoms with E-state index in [1.54, 1.807) is 60.7 Å².